The van der Waals surface area contributed by atoms with Crippen LogP contribution >= 0.6 is 15.9 Å². The van der Waals surface area contributed by atoms with Gasteiger partial charge in [-0.2, -0.15) is 5.10 Å². The minimum atomic E-state index is -0.128. The van der Waals surface area contributed by atoms with E-state index in [4.69, 9.17) is 4.74 Å². The summed E-state index contributed by atoms with van der Waals surface area (Å²) < 4.78 is 6.21. The van der Waals surface area contributed by atoms with Crippen molar-refractivity contribution in [2.75, 3.05) is 18.6 Å². The predicted octanol–water partition coefficient (Wildman–Crippen LogP) is 3.65. The Morgan fingerprint density at radius 3 is 2.79 bits per heavy atom. The van der Waals surface area contributed by atoms with E-state index in [1.807, 2.05) is 49.4 Å². The number of carbonyl (C=O) groups is 1. The lowest BCUT2D eigenvalue weighted by molar-refractivity contribution is -0.112. The highest BCUT2D eigenvalue weighted by Crippen LogP contribution is 2.29. The average molecular weight is 386 g/mol. The van der Waals surface area contributed by atoms with Crippen molar-refractivity contribution < 1.29 is 9.53 Å². The fourth-order valence-electron chi connectivity index (χ4n) is 2.63. The zero-order valence-electron chi connectivity index (χ0n) is 13.4. The molecule has 0 N–H and O–H groups in total. The molecule has 2 aromatic carbocycles. The first-order valence-corrected chi connectivity index (χ1v) is 8.30. The van der Waals surface area contributed by atoms with Crippen molar-refractivity contribution in [3.63, 3.8) is 0 Å². The van der Waals surface area contributed by atoms with Gasteiger partial charge in [-0.15, -0.1) is 5.10 Å². The molecule has 0 spiro atoms. The van der Waals surface area contributed by atoms with Crippen LogP contribution in [0.4, 0.5) is 5.69 Å². The second-order valence-corrected chi connectivity index (χ2v) is 6.06. The van der Waals surface area contributed by atoms with Crippen LogP contribution < -0.4 is 9.64 Å². The van der Waals surface area contributed by atoms with Gasteiger partial charge in [0.05, 0.1) is 19.0 Å². The molecule has 0 atom stereocenters. The molecule has 2 aromatic rings. The third-order valence-corrected chi connectivity index (χ3v) is 4.25. The number of ether oxygens (including phenoxy) is 1. The number of anilines is 1. The van der Waals surface area contributed by atoms with Gasteiger partial charge in [0.2, 0.25) is 0 Å². The molecule has 24 heavy (non-hydrogen) atoms. The van der Waals surface area contributed by atoms with Crippen molar-refractivity contribution >= 4 is 39.5 Å². The summed E-state index contributed by atoms with van der Waals surface area (Å²) in [5.41, 5.74) is 2.82. The molecular formula is C18H16BrN3O2. The number of amides is 1. The van der Waals surface area contributed by atoms with Gasteiger partial charge < -0.3 is 9.64 Å². The molecule has 6 heteroatoms. The molecule has 1 amide bonds. The highest BCUT2D eigenvalue weighted by molar-refractivity contribution is 9.10. The Balaban J connectivity index is 1.95. The average Bonchev–Trinajstić information content (AvgIpc) is 2.86. The van der Waals surface area contributed by atoms with Gasteiger partial charge in [-0.25, -0.2) is 0 Å². The lowest BCUT2D eigenvalue weighted by Gasteiger charge is -2.12. The topological polar surface area (TPSA) is 54.3 Å². The summed E-state index contributed by atoms with van der Waals surface area (Å²) in [6, 6.07) is 13.2. The summed E-state index contributed by atoms with van der Waals surface area (Å²) in [4.78, 5) is 14.2. The van der Waals surface area contributed by atoms with Crippen LogP contribution in [-0.4, -0.2) is 31.5 Å². The van der Waals surface area contributed by atoms with Gasteiger partial charge in [-0.1, -0.05) is 34.1 Å². The van der Waals surface area contributed by atoms with E-state index in [9.17, 15) is 4.79 Å². The Bertz CT molecular complexity index is 846. The number of rotatable bonds is 4. The molecule has 0 unspecified atom stereocenters. The summed E-state index contributed by atoms with van der Waals surface area (Å²) in [7, 11) is 1.60. The number of halogens is 1. The van der Waals surface area contributed by atoms with E-state index in [-0.39, 0.29) is 5.91 Å². The number of para-hydroxylation sites is 1. The summed E-state index contributed by atoms with van der Waals surface area (Å²) in [5, 5.41) is 8.27. The molecule has 0 aliphatic carbocycles. The molecule has 0 saturated heterocycles. The number of benzene rings is 2. The molecule has 1 aliphatic rings. The molecule has 0 aromatic heterocycles. The van der Waals surface area contributed by atoms with E-state index >= 15 is 0 Å². The molecule has 3 rings (SSSR count). The Morgan fingerprint density at radius 1 is 1.25 bits per heavy atom. The Hall–Kier alpha value is -2.47. The van der Waals surface area contributed by atoms with E-state index < -0.39 is 0 Å². The summed E-state index contributed by atoms with van der Waals surface area (Å²) in [6.07, 6.45) is 1.58. The van der Waals surface area contributed by atoms with Crippen molar-refractivity contribution in [3.05, 3.63) is 58.1 Å². The van der Waals surface area contributed by atoms with E-state index in [2.05, 4.69) is 26.1 Å². The van der Waals surface area contributed by atoms with E-state index in [1.54, 1.807) is 18.2 Å². The minimum Gasteiger partial charge on any atom is -0.496 e. The fraction of sp³-hybridized carbons (Fsp3) is 0.167. The summed E-state index contributed by atoms with van der Waals surface area (Å²) >= 11 is 3.42. The Labute approximate surface area is 148 Å². The maximum absolute atomic E-state index is 12.5. The minimum absolute atomic E-state index is 0.128. The van der Waals surface area contributed by atoms with Gasteiger partial charge >= 0.3 is 0 Å². The lowest BCUT2D eigenvalue weighted by Crippen LogP contribution is -2.29. The van der Waals surface area contributed by atoms with E-state index in [0.717, 1.165) is 21.3 Å². The maximum Gasteiger partial charge on any atom is 0.279 e. The molecule has 0 bridgehead atoms. The third kappa shape index (κ3) is 2.97. The number of carbonyl (C=O) groups excluding carboxylic acids is 1. The second-order valence-electron chi connectivity index (χ2n) is 5.15. The predicted molar refractivity (Wildman–Crippen MR) is 99.3 cm³/mol. The molecule has 1 aliphatic heterocycles. The van der Waals surface area contributed by atoms with E-state index in [1.165, 1.54) is 0 Å². The van der Waals surface area contributed by atoms with Crippen LogP contribution in [0.1, 0.15) is 18.1 Å². The van der Waals surface area contributed by atoms with Gasteiger partial charge in [0.15, 0.2) is 5.71 Å². The zero-order chi connectivity index (χ0) is 17.1. The van der Waals surface area contributed by atoms with Crippen molar-refractivity contribution in [1.82, 2.24) is 0 Å². The molecule has 122 valence electrons. The maximum atomic E-state index is 12.5. The second kappa shape index (κ2) is 6.97. The lowest BCUT2D eigenvalue weighted by atomic mass is 10.1. The number of hydrogen-bond acceptors (Lipinski definition) is 4. The number of nitrogens with zero attached hydrogens (tertiary/aromatic N) is 3. The normalized spacial score (nSPS) is 15.4. The monoisotopic (exact) mass is 385 g/mol. The van der Waals surface area contributed by atoms with Crippen LogP contribution in [0.3, 0.4) is 0 Å². The number of hydrogen-bond donors (Lipinski definition) is 0. The molecule has 0 radical (unpaired) electrons. The molecule has 1 heterocycles. The first-order valence-electron chi connectivity index (χ1n) is 7.51. The quantitative estimate of drug-likeness (QED) is 0.595. The van der Waals surface area contributed by atoms with E-state index in [0.29, 0.717) is 18.0 Å². The first kappa shape index (κ1) is 16.4. The molecule has 5 nitrogen and oxygen atoms in total. The van der Waals surface area contributed by atoms with Gasteiger partial charge in [0, 0.05) is 22.1 Å². The van der Waals surface area contributed by atoms with Crippen LogP contribution in [0.5, 0.6) is 5.75 Å². The smallest absolute Gasteiger partial charge is 0.279 e. The van der Waals surface area contributed by atoms with Gasteiger partial charge in [-0.05, 0) is 31.2 Å². The standard InChI is InChI=1S/C18H16BrN3O2/c1-3-22-15-7-5-4-6-14(15)17(18(22)23)21-20-11-12-10-13(19)8-9-16(12)24-2/h4-11H,3H2,1-2H3/b20-11-,21-17+. The van der Waals surface area contributed by atoms with Crippen LogP contribution in [-0.2, 0) is 4.79 Å². The van der Waals surface area contributed by atoms with Crippen LogP contribution in [0, 0.1) is 0 Å². The van der Waals surface area contributed by atoms with Crippen molar-refractivity contribution in [3.8, 4) is 5.75 Å². The molecule has 0 fully saturated rings. The van der Waals surface area contributed by atoms with Crippen molar-refractivity contribution in [2.45, 2.75) is 6.92 Å². The van der Waals surface area contributed by atoms with Crippen molar-refractivity contribution in [2.24, 2.45) is 10.2 Å². The summed E-state index contributed by atoms with van der Waals surface area (Å²) in [6.45, 7) is 2.53. The largest absolute Gasteiger partial charge is 0.496 e. The number of methoxy groups -OCH3 is 1. The van der Waals surface area contributed by atoms with Crippen molar-refractivity contribution in [1.29, 1.82) is 0 Å². The Morgan fingerprint density at radius 2 is 2.04 bits per heavy atom. The van der Waals surface area contributed by atoms with Gasteiger partial charge in [-0.3, -0.25) is 4.79 Å². The van der Waals surface area contributed by atoms with Crippen LogP contribution in [0.2, 0.25) is 0 Å². The zero-order valence-corrected chi connectivity index (χ0v) is 14.9. The van der Waals surface area contributed by atoms with Crippen LogP contribution in [0.25, 0.3) is 0 Å². The number of fused-ring (bicyclic) bond motifs is 1. The number of likely N-dealkylation sites (N-methyl/N-ethyl adjacent to an activating group) is 1. The van der Waals surface area contributed by atoms with Crippen LogP contribution in [0.15, 0.2) is 57.1 Å². The summed E-state index contributed by atoms with van der Waals surface area (Å²) in [5.74, 6) is 0.563. The highest BCUT2D eigenvalue weighted by Gasteiger charge is 2.32. The van der Waals surface area contributed by atoms with Gasteiger partial charge in [0.1, 0.15) is 5.75 Å². The third-order valence-electron chi connectivity index (χ3n) is 3.76. The first-order chi connectivity index (χ1) is 11.7. The Kier molecular flexibility index (Phi) is 4.76. The molecular weight excluding hydrogens is 370 g/mol. The van der Waals surface area contributed by atoms with Gasteiger partial charge in [0.25, 0.3) is 5.91 Å². The highest BCUT2D eigenvalue weighted by atomic mass is 79.9. The molecule has 0 saturated carbocycles. The SMILES string of the molecule is CCN1C(=O)/C(=N/N=C\c2cc(Br)ccc2OC)c2ccccc21. The fourth-order valence-corrected chi connectivity index (χ4v) is 3.01.